The standard InChI is InChI=1S/C30H30ClFN2OS/c1-19-7-9-20(10-8-19)21-11-16-26(32)22(17-21)18-34(24-14-12-23(33-2)13-15-24)30(35)29-28(31)25-5-3-4-6-27(25)36-29/h3-11,16-17,23-24,33H,12-15,18H2,1-2H3/t23-,24-. The summed E-state index contributed by atoms with van der Waals surface area (Å²) in [4.78, 5) is 16.4. The molecule has 1 amide bonds. The van der Waals surface area contributed by atoms with Crippen molar-refractivity contribution in [1.82, 2.24) is 10.2 Å². The molecule has 0 atom stereocenters. The van der Waals surface area contributed by atoms with Gasteiger partial charge in [0, 0.05) is 34.3 Å². The molecule has 0 aliphatic heterocycles. The Morgan fingerprint density at radius 1 is 1.03 bits per heavy atom. The maximum atomic E-state index is 15.1. The third kappa shape index (κ3) is 5.06. The molecule has 1 aromatic heterocycles. The van der Waals surface area contributed by atoms with Crippen LogP contribution in [-0.2, 0) is 6.54 Å². The van der Waals surface area contributed by atoms with Crippen molar-refractivity contribution in [3.8, 4) is 11.1 Å². The predicted molar refractivity (Wildman–Crippen MR) is 148 cm³/mol. The monoisotopic (exact) mass is 520 g/mol. The zero-order chi connectivity index (χ0) is 25.2. The van der Waals surface area contributed by atoms with Gasteiger partial charge in [-0.2, -0.15) is 0 Å². The van der Waals surface area contributed by atoms with E-state index in [2.05, 4.69) is 17.4 Å². The van der Waals surface area contributed by atoms with Crippen LogP contribution >= 0.6 is 22.9 Å². The first-order chi connectivity index (χ1) is 17.4. The Bertz CT molecular complexity index is 1380. The Kier molecular flexibility index (Phi) is 7.42. The summed E-state index contributed by atoms with van der Waals surface area (Å²) < 4.78 is 16.1. The number of aryl methyl sites for hydroxylation is 1. The van der Waals surface area contributed by atoms with Crippen LogP contribution in [0.5, 0.6) is 0 Å². The Hall–Kier alpha value is -2.73. The van der Waals surface area contributed by atoms with Gasteiger partial charge in [-0.25, -0.2) is 4.39 Å². The van der Waals surface area contributed by atoms with Crippen molar-refractivity contribution in [1.29, 1.82) is 0 Å². The van der Waals surface area contributed by atoms with Crippen molar-refractivity contribution in [3.05, 3.63) is 93.6 Å². The van der Waals surface area contributed by atoms with Gasteiger partial charge < -0.3 is 10.2 Å². The molecule has 0 unspecified atom stereocenters. The Morgan fingerprint density at radius 2 is 1.72 bits per heavy atom. The highest BCUT2D eigenvalue weighted by Gasteiger charge is 2.32. The number of nitrogens with zero attached hydrogens (tertiary/aromatic N) is 1. The molecule has 3 nitrogen and oxygen atoms in total. The number of carbonyl (C=O) groups excluding carboxylic acids is 1. The van der Waals surface area contributed by atoms with Crippen molar-refractivity contribution in [2.75, 3.05) is 7.05 Å². The van der Waals surface area contributed by atoms with Crippen LogP contribution in [0.3, 0.4) is 0 Å². The number of benzene rings is 3. The van der Waals surface area contributed by atoms with Crippen LogP contribution in [0.25, 0.3) is 21.2 Å². The fourth-order valence-electron chi connectivity index (χ4n) is 5.13. The van der Waals surface area contributed by atoms with Crippen molar-refractivity contribution in [2.24, 2.45) is 0 Å². The number of hydrogen-bond acceptors (Lipinski definition) is 3. The lowest BCUT2D eigenvalue weighted by Crippen LogP contribution is -2.44. The van der Waals surface area contributed by atoms with Crippen molar-refractivity contribution in [2.45, 2.75) is 51.2 Å². The van der Waals surface area contributed by atoms with E-state index in [0.717, 1.165) is 46.9 Å². The molecule has 0 saturated heterocycles. The van der Waals surface area contributed by atoms with Crippen LogP contribution in [0.15, 0.2) is 66.7 Å². The summed E-state index contributed by atoms with van der Waals surface area (Å²) in [5.41, 5.74) is 3.67. The van der Waals surface area contributed by atoms with E-state index >= 15 is 4.39 Å². The van der Waals surface area contributed by atoms with Crippen LogP contribution in [-0.4, -0.2) is 29.9 Å². The highest BCUT2D eigenvalue weighted by Crippen LogP contribution is 2.38. The van der Waals surface area contributed by atoms with E-state index < -0.39 is 0 Å². The molecule has 1 heterocycles. The third-order valence-corrected chi connectivity index (χ3v) is 8.97. The summed E-state index contributed by atoms with van der Waals surface area (Å²) in [6, 6.07) is 21.7. The lowest BCUT2D eigenvalue weighted by atomic mass is 9.89. The normalized spacial score (nSPS) is 17.9. The van der Waals surface area contributed by atoms with Crippen molar-refractivity contribution in [3.63, 3.8) is 0 Å². The molecule has 0 radical (unpaired) electrons. The second kappa shape index (κ2) is 10.7. The minimum Gasteiger partial charge on any atom is -0.330 e. The number of thiophene rings is 1. The summed E-state index contributed by atoms with van der Waals surface area (Å²) in [6.07, 6.45) is 3.71. The van der Waals surface area contributed by atoms with Gasteiger partial charge in [-0.05, 0) is 69.0 Å². The summed E-state index contributed by atoms with van der Waals surface area (Å²) in [7, 11) is 1.98. The number of amides is 1. The van der Waals surface area contributed by atoms with Gasteiger partial charge in [0.15, 0.2) is 0 Å². The maximum Gasteiger partial charge on any atom is 0.266 e. The average molecular weight is 521 g/mol. The smallest absolute Gasteiger partial charge is 0.266 e. The van der Waals surface area contributed by atoms with E-state index in [1.54, 1.807) is 6.07 Å². The van der Waals surface area contributed by atoms with Gasteiger partial charge in [-0.15, -0.1) is 11.3 Å². The molecule has 186 valence electrons. The molecule has 5 rings (SSSR count). The topological polar surface area (TPSA) is 32.3 Å². The summed E-state index contributed by atoms with van der Waals surface area (Å²) in [5.74, 6) is -0.413. The molecular weight excluding hydrogens is 491 g/mol. The van der Waals surface area contributed by atoms with Gasteiger partial charge in [0.05, 0.1) is 5.02 Å². The number of carbonyl (C=O) groups is 1. The Labute approximate surface area is 220 Å². The first-order valence-corrected chi connectivity index (χ1v) is 13.6. The summed E-state index contributed by atoms with van der Waals surface area (Å²) in [5, 5.41) is 4.73. The SMILES string of the molecule is CN[C@H]1CC[C@H](N(Cc2cc(-c3ccc(C)cc3)ccc2F)C(=O)c2sc3ccccc3c2Cl)CC1. The van der Waals surface area contributed by atoms with Crippen LogP contribution < -0.4 is 5.32 Å². The lowest BCUT2D eigenvalue weighted by molar-refractivity contribution is 0.0604. The average Bonchev–Trinajstić information content (AvgIpc) is 3.25. The molecule has 0 spiro atoms. The van der Waals surface area contributed by atoms with E-state index in [1.807, 2.05) is 61.3 Å². The maximum absolute atomic E-state index is 15.1. The largest absolute Gasteiger partial charge is 0.330 e. The van der Waals surface area contributed by atoms with Crippen molar-refractivity contribution >= 4 is 38.9 Å². The van der Waals surface area contributed by atoms with Gasteiger partial charge in [0.25, 0.3) is 5.91 Å². The van der Waals surface area contributed by atoms with Gasteiger partial charge in [-0.1, -0.05) is 65.7 Å². The van der Waals surface area contributed by atoms with Crippen LogP contribution in [0.1, 0.15) is 46.5 Å². The molecule has 4 aromatic rings. The van der Waals surface area contributed by atoms with Crippen LogP contribution in [0, 0.1) is 12.7 Å². The summed E-state index contributed by atoms with van der Waals surface area (Å²) >= 11 is 8.13. The number of fused-ring (bicyclic) bond motifs is 1. The fraction of sp³-hybridized carbons (Fsp3) is 0.300. The number of hydrogen-bond donors (Lipinski definition) is 1. The summed E-state index contributed by atoms with van der Waals surface area (Å²) in [6.45, 7) is 2.26. The third-order valence-electron chi connectivity index (χ3n) is 7.31. The predicted octanol–water partition coefficient (Wildman–Crippen LogP) is 7.84. The van der Waals surface area contributed by atoms with Gasteiger partial charge in [0.2, 0.25) is 0 Å². The number of nitrogens with one attached hydrogen (secondary N) is 1. The van der Waals surface area contributed by atoms with E-state index in [0.29, 0.717) is 21.5 Å². The first-order valence-electron chi connectivity index (χ1n) is 12.5. The molecule has 0 bridgehead atoms. The number of halogens is 2. The molecule has 1 aliphatic rings. The molecule has 3 aromatic carbocycles. The van der Waals surface area contributed by atoms with E-state index in [1.165, 1.54) is 23.0 Å². The molecule has 6 heteroatoms. The highest BCUT2D eigenvalue weighted by atomic mass is 35.5. The number of rotatable bonds is 6. The highest BCUT2D eigenvalue weighted by molar-refractivity contribution is 7.21. The zero-order valence-corrected chi connectivity index (χ0v) is 22.1. The second-order valence-corrected chi connectivity index (χ2v) is 11.1. The van der Waals surface area contributed by atoms with Crippen molar-refractivity contribution < 1.29 is 9.18 Å². The molecule has 1 saturated carbocycles. The zero-order valence-electron chi connectivity index (χ0n) is 20.6. The van der Waals surface area contributed by atoms with Gasteiger partial charge >= 0.3 is 0 Å². The molecule has 1 aliphatic carbocycles. The van der Waals surface area contributed by atoms with E-state index in [-0.39, 0.29) is 24.3 Å². The van der Waals surface area contributed by atoms with Gasteiger partial charge in [-0.3, -0.25) is 4.79 Å². The molecule has 1 fully saturated rings. The minimum absolute atomic E-state index is 0.0332. The first kappa shape index (κ1) is 24.9. The molecule has 1 N–H and O–H groups in total. The second-order valence-electron chi connectivity index (χ2n) is 9.64. The van der Waals surface area contributed by atoms with Gasteiger partial charge in [0.1, 0.15) is 10.7 Å². The fourth-order valence-corrected chi connectivity index (χ4v) is 6.60. The van der Waals surface area contributed by atoms with Crippen LogP contribution in [0.4, 0.5) is 4.39 Å². The minimum atomic E-state index is -0.296. The lowest BCUT2D eigenvalue weighted by Gasteiger charge is -2.37. The van der Waals surface area contributed by atoms with Crippen LogP contribution in [0.2, 0.25) is 5.02 Å². The van der Waals surface area contributed by atoms with E-state index in [9.17, 15) is 4.79 Å². The molecule has 36 heavy (non-hydrogen) atoms. The quantitative estimate of drug-likeness (QED) is 0.281. The Morgan fingerprint density at radius 3 is 2.42 bits per heavy atom. The Balaban J connectivity index is 1.50. The molecular formula is C30H30ClFN2OS. The van der Waals surface area contributed by atoms with E-state index in [4.69, 9.17) is 11.6 Å².